The van der Waals surface area contributed by atoms with Crippen LogP contribution in [0.25, 0.3) is 6.08 Å². The number of pyridine rings is 2. The van der Waals surface area contributed by atoms with E-state index in [1.54, 1.807) is 24.7 Å². The molecule has 1 amide bonds. The van der Waals surface area contributed by atoms with Crippen LogP contribution < -0.4 is 10.2 Å². The minimum atomic E-state index is -0.199. The second kappa shape index (κ2) is 7.51. The van der Waals surface area contributed by atoms with E-state index >= 15 is 0 Å². The molecule has 0 bridgehead atoms. The van der Waals surface area contributed by atoms with Crippen molar-refractivity contribution in [3.8, 4) is 0 Å². The van der Waals surface area contributed by atoms with Crippen molar-refractivity contribution in [2.24, 2.45) is 0 Å². The smallest absolute Gasteiger partial charge is 0.248 e. The van der Waals surface area contributed by atoms with Gasteiger partial charge in [-0.05, 0) is 29.8 Å². The monoisotopic (exact) mass is 310 g/mol. The fourth-order valence-electron chi connectivity index (χ4n) is 2.27. The lowest BCUT2D eigenvalue weighted by Gasteiger charge is -2.27. The lowest BCUT2D eigenvalue weighted by atomic mass is 10.2. The summed E-state index contributed by atoms with van der Waals surface area (Å²) in [5.74, 6) is 0.701. The third-order valence-corrected chi connectivity index (χ3v) is 3.46. The molecule has 0 saturated carbocycles. The SMILES string of the molecule is O=C(C=Cc1cccnc1)Nc1ccc(N2CCOCC2)nc1. The zero-order valence-electron chi connectivity index (χ0n) is 12.7. The Morgan fingerprint density at radius 2 is 2.09 bits per heavy atom. The van der Waals surface area contributed by atoms with Crippen LogP contribution in [-0.4, -0.2) is 42.2 Å². The number of anilines is 2. The molecule has 1 N–H and O–H groups in total. The van der Waals surface area contributed by atoms with Gasteiger partial charge in [-0.15, -0.1) is 0 Å². The van der Waals surface area contributed by atoms with Crippen LogP contribution >= 0.6 is 0 Å². The van der Waals surface area contributed by atoms with Crippen LogP contribution in [0, 0.1) is 0 Å². The zero-order valence-corrected chi connectivity index (χ0v) is 12.7. The maximum Gasteiger partial charge on any atom is 0.248 e. The number of hydrogen-bond donors (Lipinski definition) is 1. The second-order valence-electron chi connectivity index (χ2n) is 5.11. The van der Waals surface area contributed by atoms with Crippen LogP contribution in [0.15, 0.2) is 48.9 Å². The number of rotatable bonds is 4. The maximum atomic E-state index is 11.9. The molecule has 0 unspecified atom stereocenters. The van der Waals surface area contributed by atoms with Crippen molar-refractivity contribution < 1.29 is 9.53 Å². The molecule has 3 heterocycles. The molecule has 0 atom stereocenters. The van der Waals surface area contributed by atoms with E-state index in [-0.39, 0.29) is 5.91 Å². The second-order valence-corrected chi connectivity index (χ2v) is 5.11. The molecule has 0 aliphatic carbocycles. The molecular weight excluding hydrogens is 292 g/mol. The molecule has 0 aromatic carbocycles. The third-order valence-electron chi connectivity index (χ3n) is 3.46. The van der Waals surface area contributed by atoms with Crippen LogP contribution in [-0.2, 0) is 9.53 Å². The number of carbonyl (C=O) groups excluding carboxylic acids is 1. The van der Waals surface area contributed by atoms with Gasteiger partial charge in [0.1, 0.15) is 5.82 Å². The summed E-state index contributed by atoms with van der Waals surface area (Å²) in [4.78, 5) is 22.5. The van der Waals surface area contributed by atoms with Gasteiger partial charge in [0.25, 0.3) is 0 Å². The van der Waals surface area contributed by atoms with Gasteiger partial charge < -0.3 is 15.0 Å². The summed E-state index contributed by atoms with van der Waals surface area (Å²) in [7, 11) is 0. The average Bonchev–Trinajstić information content (AvgIpc) is 2.62. The van der Waals surface area contributed by atoms with E-state index < -0.39 is 0 Å². The average molecular weight is 310 g/mol. The van der Waals surface area contributed by atoms with Gasteiger partial charge in [0, 0.05) is 31.6 Å². The van der Waals surface area contributed by atoms with Crippen molar-refractivity contribution in [3.05, 3.63) is 54.5 Å². The molecular formula is C17H18N4O2. The number of hydrogen-bond acceptors (Lipinski definition) is 5. The highest BCUT2D eigenvalue weighted by atomic mass is 16.5. The predicted molar refractivity (Wildman–Crippen MR) is 89.2 cm³/mol. The van der Waals surface area contributed by atoms with E-state index in [2.05, 4.69) is 20.2 Å². The van der Waals surface area contributed by atoms with Gasteiger partial charge in [0.15, 0.2) is 0 Å². The summed E-state index contributed by atoms with van der Waals surface area (Å²) >= 11 is 0. The first-order valence-electron chi connectivity index (χ1n) is 7.49. The number of nitrogens with zero attached hydrogens (tertiary/aromatic N) is 3. The molecule has 1 aliphatic rings. The van der Waals surface area contributed by atoms with Crippen LogP contribution in [0.4, 0.5) is 11.5 Å². The number of carbonyl (C=O) groups is 1. The van der Waals surface area contributed by atoms with E-state index in [1.807, 2.05) is 24.3 Å². The Balaban J connectivity index is 1.57. The summed E-state index contributed by atoms with van der Waals surface area (Å²) in [5, 5.41) is 2.79. The molecule has 6 heteroatoms. The summed E-state index contributed by atoms with van der Waals surface area (Å²) in [5.41, 5.74) is 1.55. The van der Waals surface area contributed by atoms with E-state index in [0.29, 0.717) is 5.69 Å². The van der Waals surface area contributed by atoms with Crippen molar-refractivity contribution in [2.75, 3.05) is 36.5 Å². The van der Waals surface area contributed by atoms with Crippen LogP contribution in [0.5, 0.6) is 0 Å². The Labute approximate surface area is 134 Å². The van der Waals surface area contributed by atoms with Crippen molar-refractivity contribution >= 4 is 23.5 Å². The number of aromatic nitrogens is 2. The van der Waals surface area contributed by atoms with Crippen molar-refractivity contribution in [1.82, 2.24) is 9.97 Å². The zero-order chi connectivity index (χ0) is 15.9. The highest BCUT2D eigenvalue weighted by Crippen LogP contribution is 2.15. The molecule has 0 radical (unpaired) electrons. The topological polar surface area (TPSA) is 67.4 Å². The number of ether oxygens (including phenoxy) is 1. The van der Waals surface area contributed by atoms with Crippen LogP contribution in [0.3, 0.4) is 0 Å². The van der Waals surface area contributed by atoms with Crippen molar-refractivity contribution in [3.63, 3.8) is 0 Å². The van der Waals surface area contributed by atoms with E-state index in [9.17, 15) is 4.79 Å². The molecule has 1 saturated heterocycles. The largest absolute Gasteiger partial charge is 0.378 e. The van der Waals surface area contributed by atoms with Crippen LogP contribution in [0.2, 0.25) is 0 Å². The third kappa shape index (κ3) is 4.37. The Morgan fingerprint density at radius 3 is 2.78 bits per heavy atom. The molecule has 3 rings (SSSR count). The number of nitrogens with one attached hydrogen (secondary N) is 1. The van der Waals surface area contributed by atoms with Crippen molar-refractivity contribution in [1.29, 1.82) is 0 Å². The molecule has 2 aromatic rings. The molecule has 23 heavy (non-hydrogen) atoms. The highest BCUT2D eigenvalue weighted by molar-refractivity contribution is 6.01. The Morgan fingerprint density at radius 1 is 1.22 bits per heavy atom. The van der Waals surface area contributed by atoms with E-state index in [0.717, 1.165) is 37.7 Å². The van der Waals surface area contributed by atoms with Gasteiger partial charge in [-0.1, -0.05) is 6.07 Å². The molecule has 118 valence electrons. The lowest BCUT2D eigenvalue weighted by molar-refractivity contribution is -0.111. The molecule has 1 aliphatic heterocycles. The molecule has 1 fully saturated rings. The van der Waals surface area contributed by atoms with Crippen molar-refractivity contribution in [2.45, 2.75) is 0 Å². The number of amides is 1. The number of morpholine rings is 1. The Kier molecular flexibility index (Phi) is 4.95. The maximum absolute atomic E-state index is 11.9. The summed E-state index contributed by atoms with van der Waals surface area (Å²) in [6, 6.07) is 7.47. The standard InChI is InChI=1S/C17H18N4O2/c22-17(6-3-14-2-1-7-18-12-14)20-15-4-5-16(19-13-15)21-8-10-23-11-9-21/h1-7,12-13H,8-11H2,(H,20,22). The van der Waals surface area contributed by atoms with Gasteiger partial charge >= 0.3 is 0 Å². The van der Waals surface area contributed by atoms with E-state index in [1.165, 1.54) is 6.08 Å². The fraction of sp³-hybridized carbons (Fsp3) is 0.235. The van der Waals surface area contributed by atoms with Gasteiger partial charge in [0.05, 0.1) is 25.1 Å². The minimum Gasteiger partial charge on any atom is -0.378 e. The quantitative estimate of drug-likeness (QED) is 0.875. The van der Waals surface area contributed by atoms with Gasteiger partial charge in [-0.3, -0.25) is 9.78 Å². The summed E-state index contributed by atoms with van der Waals surface area (Å²) < 4.78 is 5.32. The first-order valence-corrected chi connectivity index (χ1v) is 7.49. The fourth-order valence-corrected chi connectivity index (χ4v) is 2.27. The summed E-state index contributed by atoms with van der Waals surface area (Å²) in [6.07, 6.45) is 8.26. The lowest BCUT2D eigenvalue weighted by Crippen LogP contribution is -2.36. The van der Waals surface area contributed by atoms with Crippen LogP contribution in [0.1, 0.15) is 5.56 Å². The first-order chi connectivity index (χ1) is 11.3. The van der Waals surface area contributed by atoms with Gasteiger partial charge in [-0.25, -0.2) is 4.98 Å². The van der Waals surface area contributed by atoms with E-state index in [4.69, 9.17) is 4.74 Å². The first kappa shape index (κ1) is 15.2. The normalized spacial score (nSPS) is 14.9. The van der Waals surface area contributed by atoms with Gasteiger partial charge in [-0.2, -0.15) is 0 Å². The Hall–Kier alpha value is -2.73. The molecule has 0 spiro atoms. The predicted octanol–water partition coefficient (Wildman–Crippen LogP) is 1.97. The molecule has 6 nitrogen and oxygen atoms in total. The summed E-state index contributed by atoms with van der Waals surface area (Å²) in [6.45, 7) is 3.12. The van der Waals surface area contributed by atoms with Gasteiger partial charge in [0.2, 0.25) is 5.91 Å². The minimum absolute atomic E-state index is 0.199. The highest BCUT2D eigenvalue weighted by Gasteiger charge is 2.12. The molecule has 2 aromatic heterocycles. The Bertz CT molecular complexity index is 665.